The molecule has 110 valence electrons. The molecule has 1 heterocycles. The predicted molar refractivity (Wildman–Crippen MR) is 76.9 cm³/mol. The third kappa shape index (κ3) is 3.87. The average Bonchev–Trinajstić information content (AvgIpc) is 2.46. The Bertz CT molecular complexity index is 437. The van der Waals surface area contributed by atoms with Crippen LogP contribution in [0, 0.1) is 0 Å². The van der Waals surface area contributed by atoms with Crippen LogP contribution in [0.1, 0.15) is 13.8 Å². The molecule has 1 aromatic carbocycles. The molecule has 1 amide bonds. The fraction of sp³-hybridized carbons (Fsp3) is 0.533. The number of piperazine rings is 1. The summed E-state index contributed by atoms with van der Waals surface area (Å²) in [4.78, 5) is 16.3. The molecular formula is C15H22N2O3. The molecule has 0 atom stereocenters. The van der Waals surface area contributed by atoms with Crippen molar-refractivity contribution in [2.75, 3.05) is 32.8 Å². The number of phenols is 1. The summed E-state index contributed by atoms with van der Waals surface area (Å²) < 4.78 is 5.43. The number of hydrogen-bond acceptors (Lipinski definition) is 4. The number of rotatable bonds is 4. The van der Waals surface area contributed by atoms with Gasteiger partial charge in [-0.2, -0.15) is 0 Å². The summed E-state index contributed by atoms with van der Waals surface area (Å²) in [5.74, 6) is 0.798. The van der Waals surface area contributed by atoms with Gasteiger partial charge in [0.25, 0.3) is 5.91 Å². The van der Waals surface area contributed by atoms with Crippen LogP contribution in [0.3, 0.4) is 0 Å². The van der Waals surface area contributed by atoms with Crippen LogP contribution in [-0.4, -0.2) is 59.6 Å². The number of nitrogens with zero attached hydrogens (tertiary/aromatic N) is 2. The molecule has 20 heavy (non-hydrogen) atoms. The van der Waals surface area contributed by atoms with Gasteiger partial charge < -0.3 is 14.7 Å². The molecular weight excluding hydrogens is 256 g/mol. The lowest BCUT2D eigenvalue weighted by Crippen LogP contribution is -2.51. The Morgan fingerprint density at radius 2 is 1.80 bits per heavy atom. The van der Waals surface area contributed by atoms with Gasteiger partial charge in [0, 0.05) is 32.2 Å². The van der Waals surface area contributed by atoms with E-state index in [1.807, 2.05) is 4.90 Å². The Hall–Kier alpha value is -1.75. The molecule has 0 spiro atoms. The van der Waals surface area contributed by atoms with Crippen LogP contribution in [0.5, 0.6) is 11.5 Å². The van der Waals surface area contributed by atoms with Crippen LogP contribution in [0.15, 0.2) is 24.3 Å². The van der Waals surface area contributed by atoms with Gasteiger partial charge in [-0.1, -0.05) is 0 Å². The second kappa shape index (κ2) is 6.61. The second-order valence-corrected chi connectivity index (χ2v) is 5.29. The first-order chi connectivity index (χ1) is 9.56. The minimum Gasteiger partial charge on any atom is -0.508 e. The Kier molecular flexibility index (Phi) is 4.84. The van der Waals surface area contributed by atoms with Crippen molar-refractivity contribution in [2.24, 2.45) is 0 Å². The summed E-state index contributed by atoms with van der Waals surface area (Å²) >= 11 is 0. The molecule has 1 aliphatic rings. The minimum atomic E-state index is 0.0153. The molecule has 0 aliphatic carbocycles. The van der Waals surface area contributed by atoms with Gasteiger partial charge >= 0.3 is 0 Å². The highest BCUT2D eigenvalue weighted by Crippen LogP contribution is 2.16. The topological polar surface area (TPSA) is 53.0 Å². The van der Waals surface area contributed by atoms with E-state index in [0.717, 1.165) is 26.2 Å². The Labute approximate surface area is 119 Å². The van der Waals surface area contributed by atoms with Crippen molar-refractivity contribution < 1.29 is 14.6 Å². The van der Waals surface area contributed by atoms with E-state index >= 15 is 0 Å². The third-order valence-corrected chi connectivity index (χ3v) is 3.60. The third-order valence-electron chi connectivity index (χ3n) is 3.60. The molecule has 1 N–H and O–H groups in total. The Balaban J connectivity index is 1.77. The molecule has 1 saturated heterocycles. The highest BCUT2D eigenvalue weighted by molar-refractivity contribution is 5.77. The van der Waals surface area contributed by atoms with Gasteiger partial charge in [-0.25, -0.2) is 0 Å². The van der Waals surface area contributed by atoms with Crippen molar-refractivity contribution in [3.63, 3.8) is 0 Å². The lowest BCUT2D eigenvalue weighted by molar-refractivity contribution is -0.135. The highest BCUT2D eigenvalue weighted by atomic mass is 16.5. The van der Waals surface area contributed by atoms with Crippen molar-refractivity contribution in [3.05, 3.63) is 24.3 Å². The molecule has 5 heteroatoms. The van der Waals surface area contributed by atoms with Crippen LogP contribution in [0.25, 0.3) is 0 Å². The normalized spacial score (nSPS) is 16.4. The molecule has 0 saturated carbocycles. The largest absolute Gasteiger partial charge is 0.508 e. The summed E-state index contributed by atoms with van der Waals surface area (Å²) in [6.45, 7) is 7.75. The number of ether oxygens (including phenoxy) is 1. The fourth-order valence-electron chi connectivity index (χ4n) is 2.27. The maximum absolute atomic E-state index is 12.0. The number of benzene rings is 1. The van der Waals surface area contributed by atoms with E-state index in [9.17, 15) is 9.90 Å². The molecule has 1 aliphatic heterocycles. The highest BCUT2D eigenvalue weighted by Gasteiger charge is 2.22. The van der Waals surface area contributed by atoms with Gasteiger partial charge in [0.2, 0.25) is 0 Å². The molecule has 5 nitrogen and oxygen atoms in total. The van der Waals surface area contributed by atoms with E-state index < -0.39 is 0 Å². The summed E-state index contributed by atoms with van der Waals surface area (Å²) in [6, 6.07) is 6.92. The smallest absolute Gasteiger partial charge is 0.260 e. The van der Waals surface area contributed by atoms with Gasteiger partial charge in [0.05, 0.1) is 0 Å². The summed E-state index contributed by atoms with van der Waals surface area (Å²) in [6.07, 6.45) is 0. The average molecular weight is 278 g/mol. The quantitative estimate of drug-likeness (QED) is 0.902. The number of hydrogen-bond donors (Lipinski definition) is 1. The molecule has 2 rings (SSSR count). The number of carbonyl (C=O) groups excluding carboxylic acids is 1. The van der Waals surface area contributed by atoms with Crippen LogP contribution < -0.4 is 4.74 Å². The zero-order valence-electron chi connectivity index (χ0n) is 12.1. The van der Waals surface area contributed by atoms with E-state index in [-0.39, 0.29) is 18.3 Å². The van der Waals surface area contributed by atoms with E-state index in [1.54, 1.807) is 24.3 Å². The van der Waals surface area contributed by atoms with Crippen molar-refractivity contribution in [1.82, 2.24) is 9.80 Å². The maximum Gasteiger partial charge on any atom is 0.260 e. The first-order valence-corrected chi connectivity index (χ1v) is 7.00. The van der Waals surface area contributed by atoms with E-state index in [1.165, 1.54) is 0 Å². The first-order valence-electron chi connectivity index (χ1n) is 7.00. The predicted octanol–water partition coefficient (Wildman–Crippen LogP) is 1.32. The van der Waals surface area contributed by atoms with Gasteiger partial charge in [-0.3, -0.25) is 9.69 Å². The molecule has 0 unspecified atom stereocenters. The lowest BCUT2D eigenvalue weighted by Gasteiger charge is -2.36. The summed E-state index contributed by atoms with van der Waals surface area (Å²) in [5.41, 5.74) is 0. The van der Waals surface area contributed by atoms with Crippen molar-refractivity contribution in [3.8, 4) is 11.5 Å². The van der Waals surface area contributed by atoms with Gasteiger partial charge in [0.1, 0.15) is 11.5 Å². The molecule has 1 aromatic rings. The lowest BCUT2D eigenvalue weighted by atomic mass is 10.2. The SMILES string of the molecule is CC(C)N1CCN(C(=O)COc2ccc(O)cc2)CC1. The number of aromatic hydroxyl groups is 1. The summed E-state index contributed by atoms with van der Waals surface area (Å²) in [5, 5.41) is 9.17. The standard InChI is InChI=1S/C15H22N2O3/c1-12(2)16-7-9-17(10-8-16)15(19)11-20-14-5-3-13(18)4-6-14/h3-6,12,18H,7-11H2,1-2H3. The van der Waals surface area contributed by atoms with E-state index in [4.69, 9.17) is 4.74 Å². The van der Waals surface area contributed by atoms with E-state index in [0.29, 0.717) is 11.8 Å². The monoisotopic (exact) mass is 278 g/mol. The van der Waals surface area contributed by atoms with Crippen molar-refractivity contribution in [1.29, 1.82) is 0 Å². The number of amides is 1. The molecule has 0 aromatic heterocycles. The Morgan fingerprint density at radius 1 is 1.20 bits per heavy atom. The first kappa shape index (κ1) is 14.7. The number of phenolic OH excluding ortho intramolecular Hbond substituents is 1. The van der Waals surface area contributed by atoms with Crippen LogP contribution in [0.2, 0.25) is 0 Å². The molecule has 1 fully saturated rings. The molecule has 0 radical (unpaired) electrons. The van der Waals surface area contributed by atoms with Crippen molar-refractivity contribution in [2.45, 2.75) is 19.9 Å². The van der Waals surface area contributed by atoms with E-state index in [2.05, 4.69) is 18.7 Å². The zero-order valence-corrected chi connectivity index (χ0v) is 12.1. The number of carbonyl (C=O) groups is 1. The van der Waals surface area contributed by atoms with Crippen molar-refractivity contribution >= 4 is 5.91 Å². The fourth-order valence-corrected chi connectivity index (χ4v) is 2.27. The van der Waals surface area contributed by atoms with Gasteiger partial charge in [0.15, 0.2) is 6.61 Å². The Morgan fingerprint density at radius 3 is 2.35 bits per heavy atom. The summed E-state index contributed by atoms with van der Waals surface area (Å²) in [7, 11) is 0. The second-order valence-electron chi connectivity index (χ2n) is 5.29. The molecule has 0 bridgehead atoms. The maximum atomic E-state index is 12.0. The minimum absolute atomic E-state index is 0.0153. The van der Waals surface area contributed by atoms with Gasteiger partial charge in [-0.15, -0.1) is 0 Å². The van der Waals surface area contributed by atoms with Crippen LogP contribution in [-0.2, 0) is 4.79 Å². The van der Waals surface area contributed by atoms with Gasteiger partial charge in [-0.05, 0) is 38.1 Å². The zero-order chi connectivity index (χ0) is 14.5. The van der Waals surface area contributed by atoms with Crippen LogP contribution in [0.4, 0.5) is 0 Å². The van der Waals surface area contributed by atoms with Crippen LogP contribution >= 0.6 is 0 Å².